The maximum atomic E-state index is 8.74. The number of rotatable bonds is 12. The van der Waals surface area contributed by atoms with Crippen molar-refractivity contribution in [1.29, 1.82) is 5.26 Å². The summed E-state index contributed by atoms with van der Waals surface area (Å²) >= 11 is 0. The van der Waals surface area contributed by atoms with Gasteiger partial charge in [-0.3, -0.25) is 9.80 Å². The van der Waals surface area contributed by atoms with E-state index < -0.39 is 0 Å². The molecule has 0 saturated carbocycles. The first-order valence-corrected chi connectivity index (χ1v) is 10.4. The van der Waals surface area contributed by atoms with Gasteiger partial charge in [-0.05, 0) is 12.5 Å². The lowest BCUT2D eigenvalue weighted by Gasteiger charge is -2.34. The van der Waals surface area contributed by atoms with Gasteiger partial charge in [0.25, 0.3) is 0 Å². The molecule has 0 spiro atoms. The lowest BCUT2D eigenvalue weighted by Crippen LogP contribution is -2.46. The average Bonchev–Trinajstić information content (AvgIpc) is 2.70. The first-order chi connectivity index (χ1) is 13.3. The van der Waals surface area contributed by atoms with Gasteiger partial charge in [-0.25, -0.2) is 0 Å². The number of hydrogen-bond acceptors (Lipinski definition) is 5. The predicted octanol–water partition coefficient (Wildman–Crippen LogP) is 4.08. The molecule has 0 bridgehead atoms. The van der Waals surface area contributed by atoms with Crippen molar-refractivity contribution in [2.24, 2.45) is 0 Å². The smallest absolute Gasteiger partial charge is 0.165 e. The van der Waals surface area contributed by atoms with Crippen LogP contribution in [0.4, 0.5) is 0 Å². The Balaban J connectivity index is 1.87. The van der Waals surface area contributed by atoms with Crippen molar-refractivity contribution in [1.82, 2.24) is 9.80 Å². The minimum atomic E-state index is 0.617. The lowest BCUT2D eigenvalue weighted by molar-refractivity contribution is 0.127. The Morgan fingerprint density at radius 3 is 2.48 bits per heavy atom. The fourth-order valence-electron chi connectivity index (χ4n) is 3.51. The fourth-order valence-corrected chi connectivity index (χ4v) is 3.51. The van der Waals surface area contributed by atoms with E-state index in [-0.39, 0.29) is 0 Å². The first kappa shape index (κ1) is 21.5. The Bertz CT molecular complexity index is 577. The van der Waals surface area contributed by atoms with Crippen molar-refractivity contribution in [2.75, 3.05) is 46.4 Å². The maximum absolute atomic E-state index is 8.74. The molecule has 1 aliphatic rings. The highest BCUT2D eigenvalue weighted by atomic mass is 16.5. The van der Waals surface area contributed by atoms with Gasteiger partial charge in [0.2, 0.25) is 0 Å². The normalized spacial score (nSPS) is 15.4. The molecule has 5 heteroatoms. The van der Waals surface area contributed by atoms with Gasteiger partial charge in [0.15, 0.2) is 11.5 Å². The van der Waals surface area contributed by atoms with Crippen LogP contribution in [0.1, 0.15) is 51.0 Å². The van der Waals surface area contributed by atoms with E-state index in [0.717, 1.165) is 63.8 Å². The van der Waals surface area contributed by atoms with Crippen LogP contribution in [-0.4, -0.2) is 56.2 Å². The molecular weight excluding hydrogens is 338 g/mol. The molecule has 1 aromatic carbocycles. The fraction of sp³-hybridized carbons (Fsp3) is 0.682. The quantitative estimate of drug-likeness (QED) is 0.517. The average molecular weight is 374 g/mol. The Morgan fingerprint density at radius 1 is 1.04 bits per heavy atom. The molecule has 27 heavy (non-hydrogen) atoms. The van der Waals surface area contributed by atoms with Crippen molar-refractivity contribution in [3.8, 4) is 17.6 Å². The summed E-state index contributed by atoms with van der Waals surface area (Å²) in [4.78, 5) is 4.84. The minimum absolute atomic E-state index is 0.617. The van der Waals surface area contributed by atoms with Gasteiger partial charge in [0, 0.05) is 51.3 Å². The standard InChI is InChI=1S/C22H35N3O2/c1-3-4-5-6-7-18-27-22-20(10-8-11-21(22)26-2)19-25-16-14-24(15-17-25)13-9-12-23/h8,10-11H,3-7,9,13-19H2,1-2H3. The lowest BCUT2D eigenvalue weighted by atomic mass is 10.1. The highest BCUT2D eigenvalue weighted by molar-refractivity contribution is 5.46. The summed E-state index contributed by atoms with van der Waals surface area (Å²) in [5.74, 6) is 1.73. The largest absolute Gasteiger partial charge is 0.493 e. The van der Waals surface area contributed by atoms with Crippen LogP contribution in [0.5, 0.6) is 11.5 Å². The minimum Gasteiger partial charge on any atom is -0.493 e. The van der Waals surface area contributed by atoms with Gasteiger partial charge in [-0.1, -0.05) is 44.7 Å². The molecule has 1 heterocycles. The Hall–Kier alpha value is -1.77. The molecule has 0 amide bonds. The number of nitrogens with zero attached hydrogens (tertiary/aromatic N) is 3. The summed E-state index contributed by atoms with van der Waals surface area (Å²) in [6, 6.07) is 8.41. The Morgan fingerprint density at radius 2 is 1.78 bits per heavy atom. The monoisotopic (exact) mass is 373 g/mol. The summed E-state index contributed by atoms with van der Waals surface area (Å²) in [7, 11) is 1.71. The highest BCUT2D eigenvalue weighted by Gasteiger charge is 2.19. The number of methoxy groups -OCH3 is 1. The molecule has 0 aromatic heterocycles. The Labute approximate surface area is 164 Å². The molecule has 2 rings (SSSR count). The van der Waals surface area contributed by atoms with Crippen LogP contribution in [0, 0.1) is 11.3 Å². The molecule has 0 aliphatic carbocycles. The van der Waals surface area contributed by atoms with Crippen LogP contribution in [-0.2, 0) is 6.54 Å². The second kappa shape index (κ2) is 12.6. The van der Waals surface area contributed by atoms with Gasteiger partial charge >= 0.3 is 0 Å². The molecule has 1 aliphatic heterocycles. The number of benzene rings is 1. The van der Waals surface area contributed by atoms with E-state index in [1.54, 1.807) is 7.11 Å². The molecule has 1 fully saturated rings. The summed E-state index contributed by atoms with van der Waals surface area (Å²) < 4.78 is 11.7. The van der Waals surface area contributed by atoms with E-state index in [4.69, 9.17) is 14.7 Å². The summed E-state index contributed by atoms with van der Waals surface area (Å²) in [5.41, 5.74) is 1.20. The molecule has 0 atom stereocenters. The number of piperazine rings is 1. The van der Waals surface area contributed by atoms with E-state index in [1.807, 2.05) is 12.1 Å². The first-order valence-electron chi connectivity index (χ1n) is 10.4. The van der Waals surface area contributed by atoms with Crippen LogP contribution in [0.3, 0.4) is 0 Å². The number of para-hydroxylation sites is 1. The molecule has 0 radical (unpaired) electrons. The van der Waals surface area contributed by atoms with Crippen molar-refractivity contribution < 1.29 is 9.47 Å². The van der Waals surface area contributed by atoms with Gasteiger partial charge in [-0.2, -0.15) is 5.26 Å². The molecule has 150 valence electrons. The van der Waals surface area contributed by atoms with E-state index in [2.05, 4.69) is 28.9 Å². The second-order valence-electron chi connectivity index (χ2n) is 7.24. The number of ether oxygens (including phenoxy) is 2. The van der Waals surface area contributed by atoms with Gasteiger partial charge in [0.1, 0.15) is 0 Å². The van der Waals surface area contributed by atoms with Crippen LogP contribution in [0.2, 0.25) is 0 Å². The molecular formula is C22H35N3O2. The number of unbranched alkanes of at least 4 members (excludes halogenated alkanes) is 4. The Kier molecular flexibility index (Phi) is 10.0. The van der Waals surface area contributed by atoms with Crippen LogP contribution in [0.25, 0.3) is 0 Å². The maximum Gasteiger partial charge on any atom is 0.165 e. The second-order valence-corrected chi connectivity index (χ2v) is 7.24. The summed E-state index contributed by atoms with van der Waals surface area (Å²) in [6.07, 6.45) is 6.79. The summed E-state index contributed by atoms with van der Waals surface area (Å²) in [6.45, 7) is 8.86. The van der Waals surface area contributed by atoms with Crippen molar-refractivity contribution in [3.63, 3.8) is 0 Å². The zero-order valence-electron chi connectivity index (χ0n) is 17.1. The third kappa shape index (κ3) is 7.40. The zero-order chi connectivity index (χ0) is 19.3. The van der Waals surface area contributed by atoms with Crippen LogP contribution in [0.15, 0.2) is 18.2 Å². The SMILES string of the molecule is CCCCCCCOc1c(CN2CCN(CCC#N)CC2)cccc1OC. The van der Waals surface area contributed by atoms with Crippen LogP contribution < -0.4 is 9.47 Å². The molecule has 0 unspecified atom stereocenters. The zero-order valence-corrected chi connectivity index (χ0v) is 17.1. The molecule has 0 N–H and O–H groups in total. The molecule has 1 aromatic rings. The van der Waals surface area contributed by atoms with Gasteiger partial charge in [-0.15, -0.1) is 0 Å². The van der Waals surface area contributed by atoms with E-state index in [9.17, 15) is 0 Å². The molecule has 1 saturated heterocycles. The van der Waals surface area contributed by atoms with Crippen molar-refractivity contribution in [3.05, 3.63) is 23.8 Å². The van der Waals surface area contributed by atoms with Crippen molar-refractivity contribution in [2.45, 2.75) is 52.0 Å². The van der Waals surface area contributed by atoms with E-state index in [0.29, 0.717) is 6.42 Å². The van der Waals surface area contributed by atoms with Gasteiger partial charge in [0.05, 0.1) is 19.8 Å². The van der Waals surface area contributed by atoms with Crippen LogP contribution >= 0.6 is 0 Å². The van der Waals surface area contributed by atoms with Gasteiger partial charge < -0.3 is 9.47 Å². The van der Waals surface area contributed by atoms with E-state index in [1.165, 1.54) is 31.2 Å². The third-order valence-corrected chi connectivity index (χ3v) is 5.17. The number of hydrogen-bond donors (Lipinski definition) is 0. The summed E-state index contributed by atoms with van der Waals surface area (Å²) in [5, 5.41) is 8.74. The van der Waals surface area contributed by atoms with Crippen molar-refractivity contribution >= 4 is 0 Å². The third-order valence-electron chi connectivity index (χ3n) is 5.17. The van der Waals surface area contributed by atoms with E-state index >= 15 is 0 Å². The highest BCUT2D eigenvalue weighted by Crippen LogP contribution is 2.32. The predicted molar refractivity (Wildman–Crippen MR) is 109 cm³/mol. The molecule has 5 nitrogen and oxygen atoms in total. The topological polar surface area (TPSA) is 48.7 Å². The number of nitriles is 1.